The zero-order valence-corrected chi connectivity index (χ0v) is 36.1. The van der Waals surface area contributed by atoms with Crippen molar-refractivity contribution >= 4 is 57.6 Å². The number of amides is 5. The van der Waals surface area contributed by atoms with E-state index in [1.165, 1.54) is 0 Å². The van der Waals surface area contributed by atoms with Gasteiger partial charge in [0.2, 0.25) is 11.8 Å². The number of halogens is 2. The Morgan fingerprint density at radius 2 is 1.71 bits per heavy atom. The zero-order valence-electron chi connectivity index (χ0n) is 36.1. The number of aromatic nitrogens is 3. The van der Waals surface area contributed by atoms with E-state index in [0.717, 1.165) is 100 Å². The lowest BCUT2D eigenvalue weighted by Crippen LogP contribution is -2.54. The average Bonchev–Trinajstić information content (AvgIpc) is 4.10. The van der Waals surface area contributed by atoms with Gasteiger partial charge in [-0.1, -0.05) is 18.2 Å². The summed E-state index contributed by atoms with van der Waals surface area (Å²) in [6.45, 7) is 5.21. The first kappa shape index (κ1) is 41.9. The average molecular weight is 890 g/mol. The fourth-order valence-electron chi connectivity index (χ4n) is 12.0. The maximum atomic E-state index is 14.4. The van der Waals surface area contributed by atoms with Crippen molar-refractivity contribution in [3.63, 3.8) is 0 Å². The molecule has 0 radical (unpaired) electrons. The maximum Gasteiger partial charge on any atom is 0.284 e. The Labute approximate surface area is 374 Å². The lowest BCUT2D eigenvalue weighted by molar-refractivity contribution is -0.136. The molecule has 1 spiro atoms. The van der Waals surface area contributed by atoms with Gasteiger partial charge in [0.05, 0.1) is 52.7 Å². The maximum absolute atomic E-state index is 14.4. The summed E-state index contributed by atoms with van der Waals surface area (Å²) in [5.74, 6) is -0.783. The highest BCUT2D eigenvalue weighted by molar-refractivity contribution is 6.25. The summed E-state index contributed by atoms with van der Waals surface area (Å²) in [5.41, 5.74) is 1.93. The van der Waals surface area contributed by atoms with Crippen molar-refractivity contribution in [1.82, 2.24) is 29.9 Å². The third-order valence-electron chi connectivity index (χ3n) is 15.5. The number of ether oxygens (including phenoxy) is 1. The van der Waals surface area contributed by atoms with Crippen LogP contribution in [0.2, 0.25) is 0 Å². The van der Waals surface area contributed by atoms with E-state index in [-0.39, 0.29) is 42.3 Å². The molecule has 7 aliphatic rings. The first-order valence-electron chi connectivity index (χ1n) is 23.3. The number of fused-ring (bicyclic) bond motifs is 4. The number of likely N-dealkylation sites (tertiary alicyclic amines) is 1. The number of nitrogens with one attached hydrogen (secondary N) is 3. The van der Waals surface area contributed by atoms with Gasteiger partial charge in [-0.2, -0.15) is 5.10 Å². The second kappa shape index (κ2) is 16.6. The lowest BCUT2D eigenvalue weighted by Gasteiger charge is -2.53. The largest absolute Gasteiger partial charge is 0.384 e. The minimum Gasteiger partial charge on any atom is -0.384 e. The van der Waals surface area contributed by atoms with Crippen molar-refractivity contribution in [2.75, 3.05) is 54.9 Å². The smallest absolute Gasteiger partial charge is 0.284 e. The van der Waals surface area contributed by atoms with Crippen LogP contribution in [0.15, 0.2) is 54.7 Å². The SMILES string of the molecule is O=C1CCC(N2C(=O)c3cccc(NCC4CC5(CCN(CC6CCC(n7cc(NC(=O)c8cccc9ccc(N%10C[C@H]%11CC%10CO%11)nc89)c(C(F)F)n7)CC6)CC5)C4)c3C2=O)C(=O)N1. The van der Waals surface area contributed by atoms with Crippen molar-refractivity contribution in [3.05, 3.63) is 77.1 Å². The standard InChI is InChI=1S/C48H53F2N9O6/c49-43(50)42-36(52-44(61)34-5-1-3-29-9-13-38(53-41(29)34)57-24-32-19-31(57)26-65-32)25-58(55-42)30-10-7-27(8-11-30)23-56-17-15-48(16-18-56)20-28(21-48)22-51-35-6-2-4-33-40(35)47(64)59(46(33)63)37-12-14-39(60)54-45(37)62/h1-6,9,13,25,27-28,30-32,37,43,51H,7-8,10-12,14-24,26H2,(H,52,61)(H,54,60,62)/t27?,30?,31?,32-,37?/m1/s1. The molecular formula is C48H53F2N9O6. The third-order valence-corrected chi connectivity index (χ3v) is 15.5. The van der Waals surface area contributed by atoms with Gasteiger partial charge in [0.1, 0.15) is 11.9 Å². The van der Waals surface area contributed by atoms with Crippen molar-refractivity contribution in [3.8, 4) is 0 Å². The van der Waals surface area contributed by atoms with E-state index >= 15 is 0 Å². The summed E-state index contributed by atoms with van der Waals surface area (Å²) in [6.07, 6.45) is 8.16. The minimum atomic E-state index is -2.85. The number of benzene rings is 2. The van der Waals surface area contributed by atoms with E-state index in [1.807, 2.05) is 18.2 Å². The molecule has 3 atom stereocenters. The minimum absolute atomic E-state index is 0.0269. The highest BCUT2D eigenvalue weighted by atomic mass is 19.3. The third kappa shape index (κ3) is 7.73. The molecule has 2 unspecified atom stereocenters. The van der Waals surface area contributed by atoms with Crippen LogP contribution in [0.1, 0.15) is 120 Å². The Morgan fingerprint density at radius 1 is 0.908 bits per heavy atom. The Morgan fingerprint density at radius 3 is 2.45 bits per heavy atom. The van der Waals surface area contributed by atoms with Crippen molar-refractivity contribution in [2.45, 2.75) is 101 Å². The number of hydrogen-bond donors (Lipinski definition) is 3. The predicted molar refractivity (Wildman–Crippen MR) is 236 cm³/mol. The quantitative estimate of drug-likeness (QED) is 0.144. The topological polar surface area (TPSA) is 171 Å². The molecule has 4 saturated heterocycles. The highest BCUT2D eigenvalue weighted by Crippen LogP contribution is 2.53. The second-order valence-electron chi connectivity index (χ2n) is 19.5. The first-order valence-corrected chi connectivity index (χ1v) is 23.3. The van der Waals surface area contributed by atoms with Gasteiger partial charge in [0, 0.05) is 43.3 Å². The van der Waals surface area contributed by atoms with Crippen LogP contribution in [0, 0.1) is 17.3 Å². The van der Waals surface area contributed by atoms with Gasteiger partial charge in [-0.15, -0.1) is 0 Å². The Kier molecular flexibility index (Phi) is 10.7. The summed E-state index contributed by atoms with van der Waals surface area (Å²) in [5, 5.41) is 13.6. The van der Waals surface area contributed by atoms with Crippen LogP contribution < -0.4 is 20.9 Å². The molecule has 5 amide bonds. The van der Waals surface area contributed by atoms with E-state index in [9.17, 15) is 32.8 Å². The molecule has 5 aliphatic heterocycles. The highest BCUT2D eigenvalue weighted by Gasteiger charge is 2.48. The van der Waals surface area contributed by atoms with Crippen LogP contribution >= 0.6 is 0 Å². The number of anilines is 3. The van der Waals surface area contributed by atoms with Crippen molar-refractivity contribution in [1.29, 1.82) is 0 Å². The van der Waals surface area contributed by atoms with E-state index in [4.69, 9.17) is 9.72 Å². The molecule has 17 heteroatoms. The molecule has 2 aromatic carbocycles. The Balaban J connectivity index is 0.651. The Bertz CT molecular complexity index is 2580. The van der Waals surface area contributed by atoms with Gasteiger partial charge in [-0.05, 0) is 125 Å². The van der Waals surface area contributed by atoms with Crippen LogP contribution in [0.25, 0.3) is 10.9 Å². The fraction of sp³-hybridized carbons (Fsp3) is 0.521. The van der Waals surface area contributed by atoms with Crippen LogP contribution in [0.5, 0.6) is 0 Å². The molecule has 65 heavy (non-hydrogen) atoms. The van der Waals surface area contributed by atoms with Gasteiger partial charge in [0.15, 0.2) is 5.69 Å². The monoisotopic (exact) mass is 889 g/mol. The zero-order chi connectivity index (χ0) is 44.6. The van der Waals surface area contributed by atoms with Gasteiger partial charge in [-0.25, -0.2) is 13.8 Å². The summed E-state index contributed by atoms with van der Waals surface area (Å²) < 4.78 is 36.2. The van der Waals surface area contributed by atoms with E-state index in [1.54, 1.807) is 41.2 Å². The molecule has 340 valence electrons. The number of hydrogen-bond acceptors (Lipinski definition) is 11. The number of carbonyl (C=O) groups is 5. The molecule has 7 heterocycles. The van der Waals surface area contributed by atoms with Gasteiger partial charge < -0.3 is 25.2 Å². The molecule has 2 aliphatic carbocycles. The molecule has 15 nitrogen and oxygen atoms in total. The van der Waals surface area contributed by atoms with E-state index < -0.39 is 47.7 Å². The summed E-state index contributed by atoms with van der Waals surface area (Å²) >= 11 is 0. The molecule has 11 rings (SSSR count). The van der Waals surface area contributed by atoms with Crippen molar-refractivity contribution < 1.29 is 37.5 Å². The number of pyridine rings is 1. The summed E-state index contributed by atoms with van der Waals surface area (Å²) in [6, 6.07) is 13.7. The van der Waals surface area contributed by atoms with Gasteiger partial charge in [-0.3, -0.25) is 38.9 Å². The van der Waals surface area contributed by atoms with Gasteiger partial charge >= 0.3 is 0 Å². The molecule has 2 saturated carbocycles. The normalized spacial score (nSPS) is 26.6. The number of alkyl halides is 2. The molecule has 3 N–H and O–H groups in total. The van der Waals surface area contributed by atoms with E-state index in [2.05, 4.69) is 30.8 Å². The van der Waals surface area contributed by atoms with Crippen LogP contribution in [-0.2, 0) is 14.3 Å². The van der Waals surface area contributed by atoms with Gasteiger partial charge in [0.25, 0.3) is 24.1 Å². The van der Waals surface area contributed by atoms with Crippen LogP contribution in [0.3, 0.4) is 0 Å². The fourth-order valence-corrected chi connectivity index (χ4v) is 12.0. The number of piperidine rings is 2. The number of nitrogens with zero attached hydrogens (tertiary/aromatic N) is 6. The van der Waals surface area contributed by atoms with E-state index in [0.29, 0.717) is 52.7 Å². The molecule has 2 bridgehead atoms. The summed E-state index contributed by atoms with van der Waals surface area (Å²) in [4.78, 5) is 75.4. The number of imide groups is 2. The van der Waals surface area contributed by atoms with Crippen LogP contribution in [0.4, 0.5) is 26.0 Å². The predicted octanol–water partition coefficient (Wildman–Crippen LogP) is 6.34. The number of rotatable bonds is 11. The molecule has 2 aromatic heterocycles. The summed E-state index contributed by atoms with van der Waals surface area (Å²) in [7, 11) is 0. The second-order valence-corrected chi connectivity index (χ2v) is 19.5. The van der Waals surface area contributed by atoms with Crippen LogP contribution in [-0.4, -0.2) is 112 Å². The first-order chi connectivity index (χ1) is 31.5. The lowest BCUT2D eigenvalue weighted by atomic mass is 9.57. The Hall–Kier alpha value is -5.81. The number of morpholine rings is 1. The number of para-hydroxylation sites is 1. The molecular weight excluding hydrogens is 837 g/mol. The molecule has 4 aromatic rings. The molecule has 6 fully saturated rings. The number of carbonyl (C=O) groups excluding carboxylic acids is 5. The van der Waals surface area contributed by atoms with Crippen molar-refractivity contribution in [2.24, 2.45) is 17.3 Å².